The summed E-state index contributed by atoms with van der Waals surface area (Å²) in [5.41, 5.74) is 1.24. The van der Waals surface area contributed by atoms with E-state index in [-0.39, 0.29) is 24.1 Å². The number of nitrogens with one attached hydrogen (secondary N) is 1. The van der Waals surface area contributed by atoms with Crippen molar-refractivity contribution in [3.63, 3.8) is 0 Å². The number of piperidine rings is 1. The molecule has 2 fully saturated rings. The van der Waals surface area contributed by atoms with Crippen LogP contribution in [0.1, 0.15) is 36.7 Å². The fourth-order valence-electron chi connectivity index (χ4n) is 4.28. The SMILES string of the molecule is Cc1nnnn1C(Cc1ccc(F)cc1)C(=O)N1CCC2(CCNC2)CC1.Cl. The summed E-state index contributed by atoms with van der Waals surface area (Å²) in [7, 11) is 0. The van der Waals surface area contributed by atoms with E-state index in [0.717, 1.165) is 44.6 Å². The molecule has 1 aromatic heterocycles. The number of likely N-dealkylation sites (tertiary alicyclic amines) is 1. The molecule has 1 atom stereocenters. The number of aryl methyl sites for hydroxylation is 1. The van der Waals surface area contributed by atoms with Crippen LogP contribution in [-0.2, 0) is 11.2 Å². The molecule has 3 heterocycles. The lowest BCUT2D eigenvalue weighted by molar-refractivity contribution is -0.137. The van der Waals surface area contributed by atoms with Crippen molar-refractivity contribution in [2.45, 2.75) is 38.6 Å². The third-order valence-electron chi connectivity index (χ3n) is 6.05. The molecule has 1 unspecified atom stereocenters. The smallest absolute Gasteiger partial charge is 0.247 e. The molecule has 0 saturated carbocycles. The number of hydrogen-bond donors (Lipinski definition) is 1. The lowest BCUT2D eigenvalue weighted by atomic mass is 9.77. The van der Waals surface area contributed by atoms with Crippen molar-refractivity contribution >= 4 is 18.3 Å². The molecule has 0 bridgehead atoms. The number of benzene rings is 1. The van der Waals surface area contributed by atoms with Gasteiger partial charge in [-0.2, -0.15) is 0 Å². The van der Waals surface area contributed by atoms with Gasteiger partial charge in [0.1, 0.15) is 17.7 Å². The van der Waals surface area contributed by atoms with Crippen LogP contribution in [0.4, 0.5) is 4.39 Å². The molecule has 7 nitrogen and oxygen atoms in total. The molecule has 2 saturated heterocycles. The van der Waals surface area contributed by atoms with Gasteiger partial charge < -0.3 is 10.2 Å². The van der Waals surface area contributed by atoms with E-state index in [1.54, 1.807) is 23.7 Å². The second kappa shape index (κ2) is 8.53. The largest absolute Gasteiger partial charge is 0.341 e. The summed E-state index contributed by atoms with van der Waals surface area (Å²) in [4.78, 5) is 15.3. The van der Waals surface area contributed by atoms with Gasteiger partial charge in [0.05, 0.1) is 0 Å². The highest BCUT2D eigenvalue weighted by atomic mass is 35.5. The standard InChI is InChI=1S/C19H25FN6O.ClH/c1-14-22-23-24-26(14)17(12-15-2-4-16(20)5-3-15)18(27)25-10-7-19(8-11-25)6-9-21-13-19;/h2-5,17,21H,6-13H2,1H3;1H. The Bertz CT molecular complexity index is 795. The number of amides is 1. The molecule has 2 aromatic rings. The molecule has 152 valence electrons. The Kier molecular flexibility index (Phi) is 6.30. The van der Waals surface area contributed by atoms with E-state index in [9.17, 15) is 9.18 Å². The molecular formula is C19H26ClFN6O. The quantitative estimate of drug-likeness (QED) is 0.836. The average Bonchev–Trinajstić information content (AvgIpc) is 3.31. The molecule has 2 aliphatic rings. The Labute approximate surface area is 170 Å². The van der Waals surface area contributed by atoms with Gasteiger partial charge in [0.25, 0.3) is 0 Å². The first-order chi connectivity index (χ1) is 13.1. The van der Waals surface area contributed by atoms with Gasteiger partial charge in [0.15, 0.2) is 0 Å². The van der Waals surface area contributed by atoms with Crippen LogP contribution >= 0.6 is 12.4 Å². The zero-order valence-corrected chi connectivity index (χ0v) is 16.8. The van der Waals surface area contributed by atoms with Crippen molar-refractivity contribution in [2.75, 3.05) is 26.2 Å². The normalized spacial score (nSPS) is 19.4. The highest BCUT2D eigenvalue weighted by molar-refractivity contribution is 5.85. The minimum Gasteiger partial charge on any atom is -0.341 e. The van der Waals surface area contributed by atoms with Crippen molar-refractivity contribution in [1.29, 1.82) is 0 Å². The highest BCUT2D eigenvalue weighted by Crippen LogP contribution is 2.37. The Balaban J connectivity index is 0.00000225. The maximum Gasteiger partial charge on any atom is 0.247 e. The van der Waals surface area contributed by atoms with Crippen LogP contribution in [0, 0.1) is 18.2 Å². The first-order valence-electron chi connectivity index (χ1n) is 9.55. The summed E-state index contributed by atoms with van der Waals surface area (Å²) in [5, 5.41) is 15.1. The Morgan fingerprint density at radius 2 is 1.96 bits per heavy atom. The lowest BCUT2D eigenvalue weighted by Crippen LogP contribution is -2.47. The van der Waals surface area contributed by atoms with E-state index in [0.29, 0.717) is 17.7 Å². The predicted octanol–water partition coefficient (Wildman–Crippen LogP) is 1.93. The number of rotatable bonds is 4. The van der Waals surface area contributed by atoms with E-state index >= 15 is 0 Å². The molecule has 0 aliphatic carbocycles. The number of carbonyl (C=O) groups is 1. The van der Waals surface area contributed by atoms with Crippen LogP contribution in [-0.4, -0.2) is 57.2 Å². The van der Waals surface area contributed by atoms with Gasteiger partial charge in [-0.3, -0.25) is 4.79 Å². The predicted molar refractivity (Wildman–Crippen MR) is 105 cm³/mol. The molecular weight excluding hydrogens is 383 g/mol. The van der Waals surface area contributed by atoms with E-state index < -0.39 is 6.04 Å². The Hall–Kier alpha value is -2.06. The molecule has 9 heteroatoms. The highest BCUT2D eigenvalue weighted by Gasteiger charge is 2.39. The van der Waals surface area contributed by atoms with Crippen molar-refractivity contribution in [3.05, 3.63) is 41.5 Å². The number of aromatic nitrogens is 4. The van der Waals surface area contributed by atoms with Gasteiger partial charge >= 0.3 is 0 Å². The van der Waals surface area contributed by atoms with Crippen molar-refractivity contribution in [3.8, 4) is 0 Å². The van der Waals surface area contributed by atoms with Crippen molar-refractivity contribution < 1.29 is 9.18 Å². The maximum atomic E-state index is 13.3. The Morgan fingerprint density at radius 1 is 1.25 bits per heavy atom. The summed E-state index contributed by atoms with van der Waals surface area (Å²) in [5.74, 6) is 0.353. The summed E-state index contributed by atoms with van der Waals surface area (Å²) in [6.07, 6.45) is 3.70. The van der Waals surface area contributed by atoms with E-state index in [4.69, 9.17) is 0 Å². The molecule has 0 radical (unpaired) electrons. The van der Waals surface area contributed by atoms with Gasteiger partial charge in [-0.05, 0) is 66.3 Å². The number of nitrogens with zero attached hydrogens (tertiary/aromatic N) is 5. The number of carbonyl (C=O) groups excluding carboxylic acids is 1. The van der Waals surface area contributed by atoms with Crippen LogP contribution in [0.3, 0.4) is 0 Å². The molecule has 2 aliphatic heterocycles. The van der Waals surface area contributed by atoms with Gasteiger partial charge in [-0.15, -0.1) is 17.5 Å². The van der Waals surface area contributed by atoms with Crippen molar-refractivity contribution in [1.82, 2.24) is 30.4 Å². The zero-order valence-electron chi connectivity index (χ0n) is 16.0. The van der Waals surface area contributed by atoms with E-state index in [1.807, 2.05) is 4.90 Å². The summed E-state index contributed by atoms with van der Waals surface area (Å²) < 4.78 is 14.8. The Morgan fingerprint density at radius 3 is 2.54 bits per heavy atom. The summed E-state index contributed by atoms with van der Waals surface area (Å²) in [6, 6.07) is 5.75. The van der Waals surface area contributed by atoms with Crippen LogP contribution in [0.15, 0.2) is 24.3 Å². The summed E-state index contributed by atoms with van der Waals surface area (Å²) >= 11 is 0. The third-order valence-corrected chi connectivity index (χ3v) is 6.05. The lowest BCUT2D eigenvalue weighted by Gasteiger charge is -2.40. The third kappa shape index (κ3) is 4.17. The van der Waals surface area contributed by atoms with Gasteiger partial charge in [0.2, 0.25) is 5.91 Å². The van der Waals surface area contributed by atoms with Crippen molar-refractivity contribution in [2.24, 2.45) is 5.41 Å². The molecule has 1 aromatic carbocycles. The molecule has 28 heavy (non-hydrogen) atoms. The minimum absolute atomic E-state index is 0. The van der Waals surface area contributed by atoms with Crippen LogP contribution < -0.4 is 5.32 Å². The summed E-state index contributed by atoms with van der Waals surface area (Å²) in [6.45, 7) is 5.45. The maximum absolute atomic E-state index is 13.3. The minimum atomic E-state index is -0.513. The van der Waals surface area contributed by atoms with Gasteiger partial charge in [-0.25, -0.2) is 9.07 Å². The number of hydrogen-bond acceptors (Lipinski definition) is 5. The zero-order chi connectivity index (χ0) is 18.9. The first-order valence-corrected chi connectivity index (χ1v) is 9.55. The molecule has 1 spiro atoms. The topological polar surface area (TPSA) is 75.9 Å². The number of tetrazole rings is 1. The van der Waals surface area contributed by atoms with E-state index in [2.05, 4.69) is 20.8 Å². The second-order valence-electron chi connectivity index (χ2n) is 7.77. The van der Waals surface area contributed by atoms with Gasteiger partial charge in [0, 0.05) is 26.1 Å². The fraction of sp³-hybridized carbons (Fsp3) is 0.579. The first kappa shape index (κ1) is 20.7. The molecule has 1 amide bonds. The number of halogens is 2. The molecule has 4 rings (SSSR count). The second-order valence-corrected chi connectivity index (χ2v) is 7.77. The average molecular weight is 409 g/mol. The van der Waals surface area contributed by atoms with E-state index in [1.165, 1.54) is 18.6 Å². The van der Waals surface area contributed by atoms with Crippen LogP contribution in [0.25, 0.3) is 0 Å². The van der Waals surface area contributed by atoms with Crippen LogP contribution in [0.2, 0.25) is 0 Å². The van der Waals surface area contributed by atoms with Gasteiger partial charge in [-0.1, -0.05) is 12.1 Å². The molecule has 1 N–H and O–H groups in total. The monoisotopic (exact) mass is 408 g/mol. The van der Waals surface area contributed by atoms with Crippen LogP contribution in [0.5, 0.6) is 0 Å². The fourth-order valence-corrected chi connectivity index (χ4v) is 4.28.